The Morgan fingerprint density at radius 3 is 2.91 bits per heavy atom. The van der Waals surface area contributed by atoms with Gasteiger partial charge in [0.25, 0.3) is 0 Å². The zero-order chi connectivity index (χ0) is 16.5. The van der Waals surface area contributed by atoms with Crippen molar-refractivity contribution in [3.05, 3.63) is 48.2 Å². The highest BCUT2D eigenvalue weighted by molar-refractivity contribution is 5.81. The number of para-hydroxylation sites is 2. The maximum atomic E-state index is 11.7. The Kier molecular flexibility index (Phi) is 5.95. The van der Waals surface area contributed by atoms with E-state index in [0.717, 1.165) is 6.42 Å². The molecule has 1 aromatic carbocycles. The summed E-state index contributed by atoms with van der Waals surface area (Å²) in [6.07, 6.45) is 2.45. The highest BCUT2D eigenvalue weighted by Crippen LogP contribution is 2.29. The van der Waals surface area contributed by atoms with E-state index in [9.17, 15) is 4.79 Å². The van der Waals surface area contributed by atoms with Crippen molar-refractivity contribution in [2.24, 2.45) is 0 Å². The van der Waals surface area contributed by atoms with Gasteiger partial charge in [-0.3, -0.25) is 4.79 Å². The van der Waals surface area contributed by atoms with E-state index >= 15 is 0 Å². The molecule has 6 nitrogen and oxygen atoms in total. The van der Waals surface area contributed by atoms with Crippen LogP contribution in [-0.2, 0) is 4.79 Å². The number of carbonyl (C=O) groups excluding carboxylic acids is 1. The lowest BCUT2D eigenvalue weighted by atomic mass is 10.2. The SMILES string of the molecule is CCCNC(=O)CNc1ccccc1Oc1ncccc1C#N. The number of aromatic nitrogens is 1. The number of carbonyl (C=O) groups is 1. The summed E-state index contributed by atoms with van der Waals surface area (Å²) in [5.74, 6) is 0.655. The smallest absolute Gasteiger partial charge is 0.239 e. The number of hydrogen-bond donors (Lipinski definition) is 2. The fraction of sp³-hybridized carbons (Fsp3) is 0.235. The van der Waals surface area contributed by atoms with Crippen molar-refractivity contribution in [3.63, 3.8) is 0 Å². The molecule has 118 valence electrons. The number of nitrogens with one attached hydrogen (secondary N) is 2. The molecule has 6 heteroatoms. The second-order valence-corrected chi connectivity index (χ2v) is 4.77. The van der Waals surface area contributed by atoms with Crippen molar-refractivity contribution in [2.75, 3.05) is 18.4 Å². The molecule has 0 bridgehead atoms. The van der Waals surface area contributed by atoms with Crippen molar-refractivity contribution in [1.82, 2.24) is 10.3 Å². The third kappa shape index (κ3) is 4.71. The fourth-order valence-corrected chi connectivity index (χ4v) is 1.87. The van der Waals surface area contributed by atoms with Crippen LogP contribution in [0.3, 0.4) is 0 Å². The molecule has 1 aromatic heterocycles. The Labute approximate surface area is 135 Å². The van der Waals surface area contributed by atoms with Gasteiger partial charge in [0.1, 0.15) is 11.6 Å². The summed E-state index contributed by atoms with van der Waals surface area (Å²) < 4.78 is 5.72. The Bertz CT molecular complexity index is 710. The molecular formula is C17H18N4O2. The van der Waals surface area contributed by atoms with Gasteiger partial charge in [-0.05, 0) is 30.7 Å². The number of hydrogen-bond acceptors (Lipinski definition) is 5. The third-order valence-electron chi connectivity index (χ3n) is 3.00. The first-order valence-electron chi connectivity index (χ1n) is 7.37. The van der Waals surface area contributed by atoms with Gasteiger partial charge < -0.3 is 15.4 Å². The summed E-state index contributed by atoms with van der Waals surface area (Å²) in [6.45, 7) is 2.79. The molecule has 0 atom stereocenters. The largest absolute Gasteiger partial charge is 0.436 e. The van der Waals surface area contributed by atoms with Crippen LogP contribution in [-0.4, -0.2) is 24.0 Å². The van der Waals surface area contributed by atoms with Crippen LogP contribution in [0.1, 0.15) is 18.9 Å². The summed E-state index contributed by atoms with van der Waals surface area (Å²) >= 11 is 0. The van der Waals surface area contributed by atoms with Gasteiger partial charge in [0.15, 0.2) is 5.75 Å². The van der Waals surface area contributed by atoms with Crippen molar-refractivity contribution < 1.29 is 9.53 Å². The molecule has 2 rings (SSSR count). The minimum atomic E-state index is -0.0859. The molecule has 0 unspecified atom stereocenters. The maximum Gasteiger partial charge on any atom is 0.239 e. The van der Waals surface area contributed by atoms with Crippen LogP contribution in [0, 0.1) is 11.3 Å². The van der Waals surface area contributed by atoms with Gasteiger partial charge in [-0.2, -0.15) is 5.26 Å². The van der Waals surface area contributed by atoms with E-state index in [1.807, 2.05) is 25.1 Å². The minimum absolute atomic E-state index is 0.0859. The molecular weight excluding hydrogens is 292 g/mol. The van der Waals surface area contributed by atoms with E-state index in [4.69, 9.17) is 10.00 Å². The molecule has 1 amide bonds. The Hall–Kier alpha value is -3.07. The lowest BCUT2D eigenvalue weighted by Crippen LogP contribution is -2.30. The van der Waals surface area contributed by atoms with Gasteiger partial charge in [-0.1, -0.05) is 19.1 Å². The van der Waals surface area contributed by atoms with Gasteiger partial charge in [0.05, 0.1) is 12.2 Å². The molecule has 0 saturated carbocycles. The summed E-state index contributed by atoms with van der Waals surface area (Å²) in [7, 11) is 0. The number of anilines is 1. The number of nitriles is 1. The summed E-state index contributed by atoms with van der Waals surface area (Å²) in [5, 5.41) is 14.9. The molecule has 0 aliphatic rings. The molecule has 23 heavy (non-hydrogen) atoms. The number of rotatable bonds is 7. The zero-order valence-electron chi connectivity index (χ0n) is 12.9. The van der Waals surface area contributed by atoms with E-state index in [2.05, 4.69) is 15.6 Å². The van der Waals surface area contributed by atoms with Crippen LogP contribution < -0.4 is 15.4 Å². The molecule has 0 aliphatic carbocycles. The van der Waals surface area contributed by atoms with Gasteiger partial charge in [0.2, 0.25) is 11.8 Å². The van der Waals surface area contributed by atoms with E-state index in [1.165, 1.54) is 0 Å². The summed E-state index contributed by atoms with van der Waals surface area (Å²) in [6, 6.07) is 12.5. The fourth-order valence-electron chi connectivity index (χ4n) is 1.87. The lowest BCUT2D eigenvalue weighted by molar-refractivity contribution is -0.119. The molecule has 2 N–H and O–H groups in total. The molecule has 0 spiro atoms. The molecule has 0 aliphatic heterocycles. The second kappa shape index (κ2) is 8.39. The van der Waals surface area contributed by atoms with Crippen molar-refractivity contribution in [1.29, 1.82) is 5.26 Å². The van der Waals surface area contributed by atoms with E-state index in [0.29, 0.717) is 23.5 Å². The standard InChI is InChI=1S/C17H18N4O2/c1-2-9-19-16(22)12-21-14-7-3-4-8-15(14)23-17-13(11-18)6-5-10-20-17/h3-8,10,21H,2,9,12H2,1H3,(H,19,22). The van der Waals surface area contributed by atoms with Gasteiger partial charge >= 0.3 is 0 Å². The minimum Gasteiger partial charge on any atom is -0.436 e. The average Bonchev–Trinajstić information content (AvgIpc) is 2.59. The topological polar surface area (TPSA) is 87.0 Å². The normalized spacial score (nSPS) is 9.74. The average molecular weight is 310 g/mol. The predicted octanol–water partition coefficient (Wildman–Crippen LogP) is 2.68. The first-order chi connectivity index (χ1) is 11.2. The first kappa shape index (κ1) is 16.3. The Morgan fingerprint density at radius 2 is 2.13 bits per heavy atom. The summed E-state index contributed by atoms with van der Waals surface area (Å²) in [5.41, 5.74) is 1.01. The molecule has 0 saturated heterocycles. The van der Waals surface area contributed by atoms with Gasteiger partial charge in [-0.15, -0.1) is 0 Å². The molecule has 0 radical (unpaired) electrons. The van der Waals surface area contributed by atoms with Crippen molar-refractivity contribution in [2.45, 2.75) is 13.3 Å². The number of amides is 1. The van der Waals surface area contributed by atoms with Gasteiger partial charge in [0, 0.05) is 12.7 Å². The van der Waals surface area contributed by atoms with Crippen LogP contribution in [0.4, 0.5) is 5.69 Å². The summed E-state index contributed by atoms with van der Waals surface area (Å²) in [4.78, 5) is 15.7. The Morgan fingerprint density at radius 1 is 1.30 bits per heavy atom. The van der Waals surface area contributed by atoms with Crippen LogP contribution in [0.15, 0.2) is 42.6 Å². The molecule has 2 aromatic rings. The number of ether oxygens (including phenoxy) is 1. The third-order valence-corrected chi connectivity index (χ3v) is 3.00. The zero-order valence-corrected chi connectivity index (χ0v) is 12.9. The van der Waals surface area contributed by atoms with Crippen LogP contribution >= 0.6 is 0 Å². The highest BCUT2D eigenvalue weighted by atomic mass is 16.5. The first-order valence-corrected chi connectivity index (χ1v) is 7.37. The van der Waals surface area contributed by atoms with E-state index in [-0.39, 0.29) is 18.3 Å². The van der Waals surface area contributed by atoms with Crippen LogP contribution in [0.25, 0.3) is 0 Å². The second-order valence-electron chi connectivity index (χ2n) is 4.77. The quantitative estimate of drug-likeness (QED) is 0.821. The predicted molar refractivity (Wildman–Crippen MR) is 87.3 cm³/mol. The van der Waals surface area contributed by atoms with Crippen molar-refractivity contribution >= 4 is 11.6 Å². The highest BCUT2D eigenvalue weighted by Gasteiger charge is 2.09. The van der Waals surface area contributed by atoms with Gasteiger partial charge in [-0.25, -0.2) is 4.98 Å². The molecule has 0 fully saturated rings. The lowest BCUT2D eigenvalue weighted by Gasteiger charge is -2.12. The maximum absolute atomic E-state index is 11.7. The van der Waals surface area contributed by atoms with Crippen molar-refractivity contribution in [3.8, 4) is 17.7 Å². The monoisotopic (exact) mass is 310 g/mol. The number of nitrogens with zero attached hydrogens (tertiary/aromatic N) is 2. The van der Waals surface area contributed by atoms with E-state index < -0.39 is 0 Å². The molecule has 1 heterocycles. The number of pyridine rings is 1. The van der Waals surface area contributed by atoms with Crippen LogP contribution in [0.5, 0.6) is 11.6 Å². The Balaban J connectivity index is 2.09. The van der Waals surface area contributed by atoms with Crippen LogP contribution in [0.2, 0.25) is 0 Å². The number of benzene rings is 1. The van der Waals surface area contributed by atoms with E-state index in [1.54, 1.807) is 30.5 Å².